The van der Waals surface area contributed by atoms with Gasteiger partial charge in [-0.15, -0.1) is 0 Å². The summed E-state index contributed by atoms with van der Waals surface area (Å²) in [6.07, 6.45) is -2.48. The second-order valence-electron chi connectivity index (χ2n) is 2.38. The molecule has 0 saturated heterocycles. The zero-order chi connectivity index (χ0) is 11.3. The Morgan fingerprint density at radius 2 is 1.73 bits per heavy atom. The zero-order valence-electron chi connectivity index (χ0n) is 7.67. The molecular weight excluding hydrogens is 229 g/mol. The second-order valence-corrected chi connectivity index (χ2v) is 3.18. The van der Waals surface area contributed by atoms with Crippen LogP contribution in [0.4, 0.5) is 13.2 Å². The smallest absolute Gasteiger partial charge is 0.351 e. The van der Waals surface area contributed by atoms with Crippen LogP contribution >= 0.6 is 12.0 Å². The summed E-state index contributed by atoms with van der Waals surface area (Å²) in [7, 11) is 1.50. The molecule has 2 nitrogen and oxygen atoms in total. The van der Waals surface area contributed by atoms with E-state index in [9.17, 15) is 13.2 Å². The molecule has 0 spiro atoms. The Labute approximate surface area is 88.9 Å². The van der Waals surface area contributed by atoms with Gasteiger partial charge in [-0.25, -0.2) is 0 Å². The third-order valence-electron chi connectivity index (χ3n) is 1.42. The number of halogens is 3. The number of hydrogen-bond donors (Lipinski definition) is 0. The van der Waals surface area contributed by atoms with Crippen molar-refractivity contribution in [3.8, 4) is 5.75 Å². The first-order valence-electron chi connectivity index (χ1n) is 3.83. The average Bonchev–Trinajstić information content (AvgIpc) is 2.26. The molecule has 0 atom stereocenters. The van der Waals surface area contributed by atoms with E-state index in [0.29, 0.717) is 22.7 Å². The van der Waals surface area contributed by atoms with Crippen LogP contribution in [0.25, 0.3) is 0 Å². The van der Waals surface area contributed by atoms with E-state index in [0.717, 1.165) is 0 Å². The topological polar surface area (TPSA) is 18.5 Å². The predicted molar refractivity (Wildman–Crippen MR) is 50.3 cm³/mol. The molecule has 0 bridgehead atoms. The molecule has 0 amide bonds. The largest absolute Gasteiger partial charge is 0.497 e. The van der Waals surface area contributed by atoms with Gasteiger partial charge in [0, 0.05) is 4.90 Å². The Morgan fingerprint density at radius 3 is 2.20 bits per heavy atom. The van der Waals surface area contributed by atoms with Gasteiger partial charge in [0.1, 0.15) is 5.75 Å². The lowest BCUT2D eigenvalue weighted by molar-refractivity contribution is 0.266. The Hall–Kier alpha value is -1.30. The van der Waals surface area contributed by atoms with E-state index in [2.05, 4.69) is 4.18 Å². The number of hydrogen-bond acceptors (Lipinski definition) is 3. The Morgan fingerprint density at radius 1 is 1.13 bits per heavy atom. The molecule has 6 heteroatoms. The molecule has 0 aliphatic carbocycles. The quantitative estimate of drug-likeness (QED) is 0.586. The molecular formula is C9H7F3O2S. The van der Waals surface area contributed by atoms with E-state index >= 15 is 0 Å². The average molecular weight is 236 g/mol. The fourth-order valence-corrected chi connectivity index (χ4v) is 1.23. The highest BCUT2D eigenvalue weighted by molar-refractivity contribution is 7.94. The van der Waals surface area contributed by atoms with E-state index in [1.165, 1.54) is 7.11 Å². The van der Waals surface area contributed by atoms with Crippen LogP contribution in [-0.4, -0.2) is 7.11 Å². The van der Waals surface area contributed by atoms with Gasteiger partial charge >= 0.3 is 12.1 Å². The molecule has 82 valence electrons. The van der Waals surface area contributed by atoms with Gasteiger partial charge in [-0.05, 0) is 24.3 Å². The van der Waals surface area contributed by atoms with Crippen molar-refractivity contribution in [2.45, 2.75) is 4.90 Å². The zero-order valence-corrected chi connectivity index (χ0v) is 8.48. The molecule has 1 rings (SSSR count). The highest BCUT2D eigenvalue weighted by Crippen LogP contribution is 2.26. The number of benzene rings is 1. The third kappa shape index (κ3) is 3.75. The molecule has 0 N–H and O–H groups in total. The summed E-state index contributed by atoms with van der Waals surface area (Å²) in [6.45, 7) is 0. The predicted octanol–water partition coefficient (Wildman–Crippen LogP) is 3.75. The molecule has 1 aromatic carbocycles. The lowest BCUT2D eigenvalue weighted by Gasteiger charge is -2.02. The minimum atomic E-state index is -2.48. The van der Waals surface area contributed by atoms with Crippen LogP contribution < -0.4 is 4.74 Å². The monoisotopic (exact) mass is 236 g/mol. The highest BCUT2D eigenvalue weighted by atomic mass is 32.2. The SMILES string of the molecule is COc1ccc(SOC(F)=C(F)F)cc1. The maximum Gasteiger partial charge on any atom is 0.351 e. The fourth-order valence-electron chi connectivity index (χ4n) is 0.747. The standard InChI is InChI=1S/C9H7F3O2S/c1-13-6-2-4-7(5-3-6)15-14-9(12)8(10)11/h2-5H,1H3. The van der Waals surface area contributed by atoms with Gasteiger partial charge in [-0.3, -0.25) is 0 Å². The molecule has 15 heavy (non-hydrogen) atoms. The van der Waals surface area contributed by atoms with Crippen molar-refractivity contribution in [1.29, 1.82) is 0 Å². The maximum atomic E-state index is 12.2. The van der Waals surface area contributed by atoms with Gasteiger partial charge < -0.3 is 8.92 Å². The molecule has 0 radical (unpaired) electrons. The van der Waals surface area contributed by atoms with Crippen LogP contribution in [0, 0.1) is 0 Å². The summed E-state index contributed by atoms with van der Waals surface area (Å²) in [5.41, 5.74) is 0. The molecule has 0 fully saturated rings. The van der Waals surface area contributed by atoms with Crippen molar-refractivity contribution in [2.24, 2.45) is 0 Å². The second kappa shape index (κ2) is 5.55. The fraction of sp³-hybridized carbons (Fsp3) is 0.111. The minimum absolute atomic E-state index is 0.493. The molecule has 0 aliphatic heterocycles. The lowest BCUT2D eigenvalue weighted by Crippen LogP contribution is -1.82. The van der Waals surface area contributed by atoms with Gasteiger partial charge in [0.25, 0.3) is 0 Å². The highest BCUT2D eigenvalue weighted by Gasteiger charge is 2.07. The van der Waals surface area contributed by atoms with Crippen LogP contribution in [-0.2, 0) is 4.18 Å². The molecule has 1 aromatic rings. The third-order valence-corrected chi connectivity index (χ3v) is 2.11. The van der Waals surface area contributed by atoms with Crippen molar-refractivity contribution < 1.29 is 22.1 Å². The Balaban J connectivity index is 2.55. The van der Waals surface area contributed by atoms with Gasteiger partial charge in [-0.1, -0.05) is 0 Å². The summed E-state index contributed by atoms with van der Waals surface area (Å²) in [5.74, 6) is 0.618. The van der Waals surface area contributed by atoms with Crippen LogP contribution in [0.1, 0.15) is 0 Å². The Bertz CT molecular complexity index is 347. The summed E-state index contributed by atoms with van der Waals surface area (Å²) < 4.78 is 44.4. The van der Waals surface area contributed by atoms with Gasteiger partial charge in [-0.2, -0.15) is 13.2 Å². The molecule has 0 saturated carbocycles. The minimum Gasteiger partial charge on any atom is -0.497 e. The molecule has 0 aliphatic rings. The number of rotatable bonds is 4. The Kier molecular flexibility index (Phi) is 4.36. The summed E-state index contributed by atoms with van der Waals surface area (Å²) in [4.78, 5) is 0.493. The normalized spacial score (nSPS) is 9.60. The first-order chi connectivity index (χ1) is 7.13. The van der Waals surface area contributed by atoms with Crippen LogP contribution in [0.5, 0.6) is 5.75 Å². The lowest BCUT2D eigenvalue weighted by atomic mass is 10.3. The number of ether oxygens (including phenoxy) is 1. The van der Waals surface area contributed by atoms with E-state index in [1.807, 2.05) is 0 Å². The molecule has 0 unspecified atom stereocenters. The van der Waals surface area contributed by atoms with Crippen molar-refractivity contribution >= 4 is 12.0 Å². The van der Waals surface area contributed by atoms with Crippen LogP contribution in [0.15, 0.2) is 41.3 Å². The van der Waals surface area contributed by atoms with E-state index in [1.54, 1.807) is 24.3 Å². The van der Waals surface area contributed by atoms with E-state index in [-0.39, 0.29) is 0 Å². The van der Waals surface area contributed by atoms with Crippen LogP contribution in [0.3, 0.4) is 0 Å². The summed E-state index contributed by atoms with van der Waals surface area (Å²) in [6, 6.07) is 4.47. The van der Waals surface area contributed by atoms with Crippen molar-refractivity contribution in [1.82, 2.24) is 0 Å². The van der Waals surface area contributed by atoms with Crippen LogP contribution in [0.2, 0.25) is 0 Å². The van der Waals surface area contributed by atoms with Crippen molar-refractivity contribution in [3.05, 3.63) is 36.4 Å². The van der Waals surface area contributed by atoms with Gasteiger partial charge in [0.15, 0.2) is 0 Å². The number of methoxy groups -OCH3 is 1. The van der Waals surface area contributed by atoms with E-state index in [4.69, 9.17) is 4.74 Å². The van der Waals surface area contributed by atoms with E-state index < -0.39 is 12.1 Å². The first-order valence-corrected chi connectivity index (χ1v) is 4.57. The van der Waals surface area contributed by atoms with Crippen molar-refractivity contribution in [2.75, 3.05) is 7.11 Å². The first kappa shape index (κ1) is 11.8. The molecule has 0 heterocycles. The molecule has 0 aromatic heterocycles. The maximum absolute atomic E-state index is 12.2. The summed E-state index contributed by atoms with van der Waals surface area (Å²) >= 11 is 0.508. The summed E-state index contributed by atoms with van der Waals surface area (Å²) in [5, 5.41) is 0. The van der Waals surface area contributed by atoms with Gasteiger partial charge in [0.2, 0.25) is 0 Å². The van der Waals surface area contributed by atoms with Gasteiger partial charge in [0.05, 0.1) is 19.2 Å². The van der Waals surface area contributed by atoms with Crippen molar-refractivity contribution in [3.63, 3.8) is 0 Å².